The highest BCUT2D eigenvalue weighted by molar-refractivity contribution is 9.10. The minimum Gasteiger partial charge on any atom is -0.425 e. The van der Waals surface area contributed by atoms with Crippen molar-refractivity contribution in [1.29, 1.82) is 0 Å². The highest BCUT2D eigenvalue weighted by Gasteiger charge is 2.23. The van der Waals surface area contributed by atoms with Gasteiger partial charge in [0.05, 0.1) is 0 Å². The van der Waals surface area contributed by atoms with E-state index < -0.39 is 18.2 Å². The molecule has 1 rings (SSSR count). The lowest BCUT2D eigenvalue weighted by molar-refractivity contribution is -0.194. The van der Waals surface area contributed by atoms with Crippen LogP contribution in [0.3, 0.4) is 0 Å². The van der Waals surface area contributed by atoms with Gasteiger partial charge < -0.3 is 9.47 Å². The third-order valence-corrected chi connectivity index (χ3v) is 3.36. The van der Waals surface area contributed by atoms with Crippen LogP contribution >= 0.6 is 15.9 Å². The van der Waals surface area contributed by atoms with E-state index in [9.17, 15) is 9.59 Å². The molecule has 20 heavy (non-hydrogen) atoms. The third kappa shape index (κ3) is 6.19. The monoisotopic (exact) mass is 342 g/mol. The number of benzene rings is 1. The van der Waals surface area contributed by atoms with Crippen LogP contribution in [0.4, 0.5) is 0 Å². The second-order valence-corrected chi connectivity index (χ2v) is 5.65. The average Bonchev–Trinajstić information content (AvgIpc) is 2.36. The molecule has 0 fully saturated rings. The summed E-state index contributed by atoms with van der Waals surface area (Å²) in [5.74, 6) is -0.968. The van der Waals surface area contributed by atoms with Gasteiger partial charge in [-0.25, -0.2) is 0 Å². The van der Waals surface area contributed by atoms with Gasteiger partial charge in [0, 0.05) is 24.2 Å². The smallest absolute Gasteiger partial charge is 0.305 e. The van der Waals surface area contributed by atoms with Gasteiger partial charge >= 0.3 is 11.9 Å². The molecule has 0 bridgehead atoms. The number of hydrogen-bond acceptors (Lipinski definition) is 4. The maximum absolute atomic E-state index is 11.0. The minimum atomic E-state index is -0.819. The number of hydrogen-bond donors (Lipinski definition) is 0. The van der Waals surface area contributed by atoms with Gasteiger partial charge in [0.1, 0.15) is 0 Å². The molecule has 1 unspecified atom stereocenters. The molecule has 1 atom stereocenters. The van der Waals surface area contributed by atoms with Crippen molar-refractivity contribution in [2.24, 2.45) is 5.92 Å². The van der Waals surface area contributed by atoms with Gasteiger partial charge in [-0.1, -0.05) is 35.0 Å². The maximum Gasteiger partial charge on any atom is 0.305 e. The zero-order valence-corrected chi connectivity index (χ0v) is 13.5. The normalized spacial score (nSPS) is 12.1. The Morgan fingerprint density at radius 3 is 2.05 bits per heavy atom. The van der Waals surface area contributed by atoms with Gasteiger partial charge in [-0.2, -0.15) is 0 Å². The topological polar surface area (TPSA) is 52.6 Å². The molecule has 1 aromatic carbocycles. The van der Waals surface area contributed by atoms with Gasteiger partial charge in [-0.05, 0) is 30.5 Å². The van der Waals surface area contributed by atoms with E-state index in [4.69, 9.17) is 9.47 Å². The molecular weight excluding hydrogens is 324 g/mol. The van der Waals surface area contributed by atoms with Gasteiger partial charge in [-0.3, -0.25) is 9.59 Å². The number of carbonyl (C=O) groups excluding carboxylic acids is 2. The number of carbonyl (C=O) groups is 2. The van der Waals surface area contributed by atoms with E-state index in [-0.39, 0.29) is 5.92 Å². The largest absolute Gasteiger partial charge is 0.425 e. The van der Waals surface area contributed by atoms with Gasteiger partial charge in [0.2, 0.25) is 6.29 Å². The van der Waals surface area contributed by atoms with Gasteiger partial charge in [0.25, 0.3) is 0 Å². The van der Waals surface area contributed by atoms with Crippen LogP contribution in [0, 0.1) is 5.92 Å². The van der Waals surface area contributed by atoms with Crippen molar-refractivity contribution in [1.82, 2.24) is 0 Å². The predicted molar refractivity (Wildman–Crippen MR) is 78.9 cm³/mol. The minimum absolute atomic E-state index is 0.0635. The molecule has 0 aliphatic rings. The van der Waals surface area contributed by atoms with Crippen LogP contribution in [0.2, 0.25) is 0 Å². The van der Waals surface area contributed by atoms with Crippen LogP contribution < -0.4 is 0 Å². The summed E-state index contributed by atoms with van der Waals surface area (Å²) in [6.45, 7) is 4.51. The molecular formula is C15H19BrO4. The van der Waals surface area contributed by atoms with E-state index >= 15 is 0 Å². The number of ether oxygens (including phenoxy) is 2. The molecule has 0 heterocycles. The Morgan fingerprint density at radius 1 is 1.10 bits per heavy atom. The van der Waals surface area contributed by atoms with Crippen LogP contribution in [0.15, 0.2) is 28.7 Å². The molecule has 0 amide bonds. The Kier molecular flexibility index (Phi) is 6.71. The number of rotatable bonds is 6. The zero-order chi connectivity index (χ0) is 15.1. The second-order valence-electron chi connectivity index (χ2n) is 4.73. The molecule has 110 valence electrons. The summed E-state index contributed by atoms with van der Waals surface area (Å²) < 4.78 is 11.1. The molecule has 0 aromatic heterocycles. The Bertz CT molecular complexity index is 439. The fourth-order valence-electron chi connectivity index (χ4n) is 1.77. The Labute approximate surface area is 127 Å². The van der Waals surface area contributed by atoms with Crippen molar-refractivity contribution >= 4 is 27.9 Å². The third-order valence-electron chi connectivity index (χ3n) is 2.83. The predicted octanol–water partition coefficient (Wildman–Crippen LogP) is 3.47. The standard InChI is InChI=1S/C15H19BrO4/c1-10(15(19-11(2)17)20-12(3)18)4-5-13-6-8-14(16)9-7-13/h6-10,15H,4-5H2,1-3H3. The highest BCUT2D eigenvalue weighted by atomic mass is 79.9. The SMILES string of the molecule is CC(=O)OC(OC(C)=O)C(C)CCc1ccc(Br)cc1. The van der Waals surface area contributed by atoms with Crippen LogP contribution in [0.5, 0.6) is 0 Å². The maximum atomic E-state index is 11.0. The Balaban J connectivity index is 2.56. The summed E-state index contributed by atoms with van der Waals surface area (Å²) in [6.07, 6.45) is 0.765. The van der Waals surface area contributed by atoms with Crippen molar-refractivity contribution in [3.05, 3.63) is 34.3 Å². The van der Waals surface area contributed by atoms with Crippen LogP contribution in [-0.4, -0.2) is 18.2 Å². The lowest BCUT2D eigenvalue weighted by Crippen LogP contribution is -2.29. The molecule has 1 aromatic rings. The first-order valence-electron chi connectivity index (χ1n) is 6.47. The number of esters is 2. The fourth-order valence-corrected chi connectivity index (χ4v) is 2.03. The van der Waals surface area contributed by atoms with E-state index in [0.717, 1.165) is 17.3 Å². The number of aryl methyl sites for hydroxylation is 1. The fraction of sp³-hybridized carbons (Fsp3) is 0.467. The first-order chi connectivity index (χ1) is 9.38. The lowest BCUT2D eigenvalue weighted by Gasteiger charge is -2.22. The van der Waals surface area contributed by atoms with Crippen LogP contribution in [0.1, 0.15) is 32.8 Å². The molecule has 0 spiro atoms. The summed E-state index contributed by atoms with van der Waals surface area (Å²) in [6, 6.07) is 8.03. The van der Waals surface area contributed by atoms with Crippen LogP contribution in [0.25, 0.3) is 0 Å². The van der Waals surface area contributed by atoms with E-state index in [1.807, 2.05) is 31.2 Å². The summed E-state index contributed by atoms with van der Waals surface area (Å²) in [4.78, 5) is 22.1. The van der Waals surface area contributed by atoms with Crippen molar-refractivity contribution in [3.8, 4) is 0 Å². The molecule has 5 heteroatoms. The van der Waals surface area contributed by atoms with Crippen molar-refractivity contribution < 1.29 is 19.1 Å². The first kappa shape index (κ1) is 16.7. The quantitative estimate of drug-likeness (QED) is 0.586. The van der Waals surface area contributed by atoms with Gasteiger partial charge in [0.15, 0.2) is 0 Å². The van der Waals surface area contributed by atoms with Crippen molar-refractivity contribution in [2.75, 3.05) is 0 Å². The van der Waals surface area contributed by atoms with Gasteiger partial charge in [-0.15, -0.1) is 0 Å². The first-order valence-corrected chi connectivity index (χ1v) is 7.26. The van der Waals surface area contributed by atoms with E-state index in [2.05, 4.69) is 15.9 Å². The highest BCUT2D eigenvalue weighted by Crippen LogP contribution is 2.18. The Morgan fingerprint density at radius 2 is 1.60 bits per heavy atom. The summed E-state index contributed by atoms with van der Waals surface area (Å²) >= 11 is 3.39. The second kappa shape index (κ2) is 8.04. The lowest BCUT2D eigenvalue weighted by atomic mass is 10.0. The molecule has 0 aliphatic carbocycles. The van der Waals surface area contributed by atoms with Crippen LogP contribution in [-0.2, 0) is 25.5 Å². The average molecular weight is 343 g/mol. The molecule has 0 radical (unpaired) electrons. The van der Waals surface area contributed by atoms with Crippen molar-refractivity contribution in [3.63, 3.8) is 0 Å². The molecule has 0 aliphatic heterocycles. The van der Waals surface area contributed by atoms with E-state index in [1.54, 1.807) is 0 Å². The van der Waals surface area contributed by atoms with E-state index in [0.29, 0.717) is 0 Å². The number of halogens is 1. The summed E-state index contributed by atoms with van der Waals surface area (Å²) in [5, 5.41) is 0. The molecule has 0 N–H and O–H groups in total. The summed E-state index contributed by atoms with van der Waals surface area (Å²) in [7, 11) is 0. The van der Waals surface area contributed by atoms with E-state index in [1.165, 1.54) is 19.4 Å². The molecule has 0 saturated carbocycles. The summed E-state index contributed by atoms with van der Waals surface area (Å²) in [5.41, 5.74) is 1.18. The molecule has 4 nitrogen and oxygen atoms in total. The Hall–Kier alpha value is -1.36. The molecule has 0 saturated heterocycles. The zero-order valence-electron chi connectivity index (χ0n) is 11.9. The van der Waals surface area contributed by atoms with Crippen molar-refractivity contribution in [2.45, 2.75) is 39.9 Å².